The molecule has 1 spiro atoms. The molecule has 0 bridgehead atoms. The van der Waals surface area contributed by atoms with Gasteiger partial charge in [-0.25, -0.2) is 0 Å². The normalized spacial score (nSPS) is 31.3. The topological polar surface area (TPSA) is 69.6 Å². The van der Waals surface area contributed by atoms with Crippen LogP contribution in [0.25, 0.3) is 0 Å². The number of likely N-dealkylation sites (N-methyl/N-ethyl adjacent to an activating group) is 1. The second-order valence-electron chi connectivity index (χ2n) is 6.70. The summed E-state index contributed by atoms with van der Waals surface area (Å²) < 4.78 is 0. The molecule has 2 aliphatic rings. The minimum atomic E-state index is -0.238. The smallest absolute Gasteiger partial charge is 0.246 e. The van der Waals surface area contributed by atoms with Crippen LogP contribution in [0.4, 0.5) is 0 Å². The lowest BCUT2D eigenvalue weighted by atomic mass is 9.57. The molecule has 0 aromatic rings. The lowest BCUT2D eigenvalue weighted by molar-refractivity contribution is -0.132. The lowest BCUT2D eigenvalue weighted by Gasteiger charge is -2.51. The van der Waals surface area contributed by atoms with Gasteiger partial charge in [0.15, 0.2) is 0 Å². The van der Waals surface area contributed by atoms with Gasteiger partial charge < -0.3 is 15.3 Å². The molecule has 0 saturated heterocycles. The summed E-state index contributed by atoms with van der Waals surface area (Å²) in [5.74, 6) is 0.136. The first-order valence-electron chi connectivity index (χ1n) is 7.76. The number of carbonyl (C=O) groups is 2. The molecule has 118 valence electrons. The molecule has 0 radical (unpaired) electrons. The number of nitrogens with one attached hydrogen (secondary N) is 1. The van der Waals surface area contributed by atoms with Gasteiger partial charge in [-0.15, -0.1) is 0 Å². The highest BCUT2D eigenvalue weighted by Crippen LogP contribution is 2.52. The largest absolute Gasteiger partial charge is 0.396 e. The van der Waals surface area contributed by atoms with Gasteiger partial charge in [0.1, 0.15) is 0 Å². The van der Waals surface area contributed by atoms with E-state index in [9.17, 15) is 14.7 Å². The quantitative estimate of drug-likeness (QED) is 0.745. The average molecular weight is 294 g/mol. The van der Waals surface area contributed by atoms with E-state index in [0.29, 0.717) is 17.9 Å². The maximum atomic E-state index is 11.9. The Bertz CT molecular complexity index is 406. The lowest BCUT2D eigenvalue weighted by Crippen LogP contribution is -2.53. The van der Waals surface area contributed by atoms with E-state index in [-0.39, 0.29) is 24.4 Å². The third-order valence-corrected chi connectivity index (χ3v) is 5.08. The van der Waals surface area contributed by atoms with Crippen molar-refractivity contribution in [1.29, 1.82) is 0 Å². The number of nitrogens with zero attached hydrogens (tertiary/aromatic N) is 1. The van der Waals surface area contributed by atoms with Gasteiger partial charge in [-0.05, 0) is 55.9 Å². The number of rotatable bonds is 5. The van der Waals surface area contributed by atoms with Crippen LogP contribution >= 0.6 is 0 Å². The third-order valence-electron chi connectivity index (χ3n) is 5.08. The zero-order valence-electron chi connectivity index (χ0n) is 12.8. The molecule has 0 heterocycles. The van der Waals surface area contributed by atoms with Crippen LogP contribution in [-0.2, 0) is 9.59 Å². The molecule has 0 atom stereocenters. The molecule has 2 amide bonds. The molecule has 2 rings (SSSR count). The summed E-state index contributed by atoms with van der Waals surface area (Å²) in [4.78, 5) is 24.6. The molecule has 2 fully saturated rings. The van der Waals surface area contributed by atoms with Gasteiger partial charge >= 0.3 is 0 Å². The van der Waals surface area contributed by atoms with Crippen LogP contribution in [0.3, 0.4) is 0 Å². The number of aliphatic hydroxyl groups is 1. The Balaban J connectivity index is 1.69. The van der Waals surface area contributed by atoms with Gasteiger partial charge in [0.05, 0.1) is 6.54 Å². The third kappa shape index (κ3) is 3.84. The number of aliphatic hydroxyl groups excluding tert-OH is 1. The van der Waals surface area contributed by atoms with E-state index in [1.165, 1.54) is 23.8 Å². The van der Waals surface area contributed by atoms with E-state index in [1.54, 1.807) is 7.05 Å². The number of hydrogen-bond donors (Lipinski definition) is 2. The van der Waals surface area contributed by atoms with Gasteiger partial charge in [-0.1, -0.05) is 6.58 Å². The Morgan fingerprint density at radius 3 is 2.52 bits per heavy atom. The van der Waals surface area contributed by atoms with Crippen molar-refractivity contribution in [3.05, 3.63) is 12.7 Å². The van der Waals surface area contributed by atoms with E-state index >= 15 is 0 Å². The molecular weight excluding hydrogens is 268 g/mol. The van der Waals surface area contributed by atoms with Crippen molar-refractivity contribution >= 4 is 11.8 Å². The highest BCUT2D eigenvalue weighted by atomic mass is 16.3. The fourth-order valence-electron chi connectivity index (χ4n) is 3.69. The molecule has 0 aliphatic heterocycles. The van der Waals surface area contributed by atoms with Crippen LogP contribution in [0.15, 0.2) is 12.7 Å². The highest BCUT2D eigenvalue weighted by Gasteiger charge is 2.46. The van der Waals surface area contributed by atoms with Crippen LogP contribution in [0, 0.1) is 11.3 Å². The summed E-state index contributed by atoms with van der Waals surface area (Å²) >= 11 is 0. The number of hydrogen-bond acceptors (Lipinski definition) is 3. The summed E-state index contributed by atoms with van der Waals surface area (Å²) in [6.45, 7) is 3.80. The molecule has 2 saturated carbocycles. The summed E-state index contributed by atoms with van der Waals surface area (Å²) in [5.41, 5.74) is 0.395. The van der Waals surface area contributed by atoms with E-state index in [2.05, 4.69) is 11.9 Å². The van der Waals surface area contributed by atoms with E-state index in [0.717, 1.165) is 25.7 Å². The Morgan fingerprint density at radius 2 is 2.00 bits per heavy atom. The Kier molecular flexibility index (Phi) is 5.04. The van der Waals surface area contributed by atoms with Gasteiger partial charge in [0, 0.05) is 19.7 Å². The molecule has 0 aromatic heterocycles. The molecule has 0 aromatic carbocycles. The summed E-state index contributed by atoms with van der Waals surface area (Å²) in [7, 11) is 1.60. The second-order valence-corrected chi connectivity index (χ2v) is 6.70. The molecule has 2 aliphatic carbocycles. The molecule has 0 unspecified atom stereocenters. The van der Waals surface area contributed by atoms with Gasteiger partial charge in [-0.2, -0.15) is 0 Å². The van der Waals surface area contributed by atoms with Crippen LogP contribution in [0.2, 0.25) is 0 Å². The Morgan fingerprint density at radius 1 is 1.38 bits per heavy atom. The first kappa shape index (κ1) is 16.0. The maximum Gasteiger partial charge on any atom is 0.246 e. The zero-order chi connectivity index (χ0) is 15.5. The summed E-state index contributed by atoms with van der Waals surface area (Å²) in [6, 6.07) is 0.246. The summed E-state index contributed by atoms with van der Waals surface area (Å²) in [6.07, 6.45) is 7.83. The van der Waals surface area contributed by atoms with Crippen molar-refractivity contribution in [3.63, 3.8) is 0 Å². The number of carbonyl (C=O) groups excluding carboxylic acids is 2. The Hall–Kier alpha value is -1.36. The highest BCUT2D eigenvalue weighted by molar-refractivity contribution is 5.90. The fourth-order valence-corrected chi connectivity index (χ4v) is 3.69. The average Bonchev–Trinajstić information content (AvgIpc) is 2.45. The second kappa shape index (κ2) is 6.60. The molecule has 2 N–H and O–H groups in total. The summed E-state index contributed by atoms with van der Waals surface area (Å²) in [5, 5.41) is 12.2. The van der Waals surface area contributed by atoms with Crippen molar-refractivity contribution in [2.24, 2.45) is 11.3 Å². The van der Waals surface area contributed by atoms with Crippen LogP contribution in [0.1, 0.15) is 38.5 Å². The molecule has 5 heteroatoms. The predicted octanol–water partition coefficient (Wildman–Crippen LogP) is 1.08. The molecule has 5 nitrogen and oxygen atoms in total. The molecular formula is C16H26N2O3. The van der Waals surface area contributed by atoms with Crippen LogP contribution in [-0.4, -0.2) is 48.1 Å². The Labute approximate surface area is 126 Å². The van der Waals surface area contributed by atoms with Gasteiger partial charge in [0.2, 0.25) is 11.8 Å². The maximum absolute atomic E-state index is 11.9. The van der Waals surface area contributed by atoms with Crippen molar-refractivity contribution in [1.82, 2.24) is 10.2 Å². The van der Waals surface area contributed by atoms with E-state index in [4.69, 9.17) is 0 Å². The van der Waals surface area contributed by atoms with Crippen molar-refractivity contribution < 1.29 is 14.7 Å². The van der Waals surface area contributed by atoms with Crippen molar-refractivity contribution in [2.75, 3.05) is 20.2 Å². The van der Waals surface area contributed by atoms with Crippen molar-refractivity contribution in [2.45, 2.75) is 44.6 Å². The standard InChI is InChI=1S/C16H26N2O3/c1-3-15(21)18(2)10-14(20)17-13-8-16(9-13)6-4-12(11-19)5-7-16/h3,12-13,19H,1,4-11H2,2H3,(H,17,20). The van der Waals surface area contributed by atoms with Gasteiger partial charge in [0.25, 0.3) is 0 Å². The van der Waals surface area contributed by atoms with Crippen molar-refractivity contribution in [3.8, 4) is 0 Å². The first-order chi connectivity index (χ1) is 9.98. The van der Waals surface area contributed by atoms with Crippen LogP contribution < -0.4 is 5.32 Å². The zero-order valence-corrected chi connectivity index (χ0v) is 12.8. The predicted molar refractivity (Wildman–Crippen MR) is 80.5 cm³/mol. The van der Waals surface area contributed by atoms with E-state index in [1.807, 2.05) is 0 Å². The first-order valence-corrected chi connectivity index (χ1v) is 7.76. The minimum Gasteiger partial charge on any atom is -0.396 e. The number of amides is 2. The fraction of sp³-hybridized carbons (Fsp3) is 0.750. The van der Waals surface area contributed by atoms with Crippen LogP contribution in [0.5, 0.6) is 0 Å². The van der Waals surface area contributed by atoms with E-state index < -0.39 is 0 Å². The monoisotopic (exact) mass is 294 g/mol. The SMILES string of the molecule is C=CC(=O)N(C)CC(=O)NC1CC2(CCC(CO)CC2)C1. The van der Waals surface area contributed by atoms with Gasteiger partial charge in [-0.3, -0.25) is 9.59 Å². The molecule has 21 heavy (non-hydrogen) atoms. The minimum absolute atomic E-state index is 0.0843.